The van der Waals surface area contributed by atoms with Gasteiger partial charge in [0.1, 0.15) is 6.23 Å². The fourth-order valence-corrected chi connectivity index (χ4v) is 2.31. The fraction of sp³-hybridized carbons (Fsp3) is 0.875. The smallest absolute Gasteiger partial charge is 0.211 e. The molecule has 0 saturated carbocycles. The van der Waals surface area contributed by atoms with Crippen molar-refractivity contribution in [3.05, 3.63) is 0 Å². The fourth-order valence-electron chi connectivity index (χ4n) is 1.73. The number of amidine groups is 1. The summed E-state index contributed by atoms with van der Waals surface area (Å²) in [7, 11) is 1.84. The van der Waals surface area contributed by atoms with Crippen LogP contribution in [0.5, 0.6) is 0 Å². The van der Waals surface area contributed by atoms with Gasteiger partial charge in [0.05, 0.1) is 0 Å². The predicted octanol–water partition coefficient (Wildman–Crippen LogP) is 1.79. The molecule has 4 nitrogen and oxygen atoms in total. The average Bonchev–Trinajstić information content (AvgIpc) is 2.43. The van der Waals surface area contributed by atoms with Gasteiger partial charge >= 0.3 is 0 Å². The van der Waals surface area contributed by atoms with Gasteiger partial charge in [-0.25, -0.2) is 4.99 Å². The van der Waals surface area contributed by atoms with Crippen LogP contribution in [-0.2, 0) is 4.74 Å². The van der Waals surface area contributed by atoms with Crippen LogP contribution in [0.15, 0.2) is 4.99 Å². The maximum atomic E-state index is 6.03. The number of ether oxygens (including phenoxy) is 1. The van der Waals surface area contributed by atoms with Crippen LogP contribution in [0.25, 0.3) is 0 Å². The van der Waals surface area contributed by atoms with Gasteiger partial charge in [0, 0.05) is 13.7 Å². The molecule has 2 aliphatic heterocycles. The van der Waals surface area contributed by atoms with Crippen molar-refractivity contribution in [3.8, 4) is 0 Å². The van der Waals surface area contributed by atoms with Crippen molar-refractivity contribution in [2.24, 2.45) is 4.99 Å². The summed E-state index contributed by atoms with van der Waals surface area (Å²) in [6, 6.07) is 0. The first kappa shape index (κ1) is 10.5. The number of nitrogens with zero attached hydrogens (tertiary/aromatic N) is 3. The molecule has 2 heterocycles. The third-order valence-corrected chi connectivity index (χ3v) is 3.14. The molecule has 0 aromatic carbocycles. The third kappa shape index (κ3) is 1.84. The Labute approximate surface area is 93.4 Å². The van der Waals surface area contributed by atoms with Gasteiger partial charge in [-0.2, -0.15) is 5.01 Å². The summed E-state index contributed by atoms with van der Waals surface area (Å²) in [6.45, 7) is 0.788. The summed E-state index contributed by atoms with van der Waals surface area (Å²) in [4.78, 5) is 4.05. The summed E-state index contributed by atoms with van der Waals surface area (Å²) in [5.74, 6) is 0. The van der Waals surface area contributed by atoms with Crippen molar-refractivity contribution < 1.29 is 4.74 Å². The van der Waals surface area contributed by atoms with Crippen LogP contribution in [0, 0.1) is 0 Å². The highest BCUT2D eigenvalue weighted by Crippen LogP contribution is 2.27. The van der Waals surface area contributed by atoms with E-state index in [2.05, 4.69) is 4.99 Å². The van der Waals surface area contributed by atoms with E-state index >= 15 is 0 Å². The van der Waals surface area contributed by atoms with Crippen LogP contribution in [0.1, 0.15) is 19.3 Å². The van der Waals surface area contributed by atoms with Gasteiger partial charge in [-0.15, -0.1) is 0 Å². The predicted molar refractivity (Wildman–Crippen MR) is 56.1 cm³/mol. The summed E-state index contributed by atoms with van der Waals surface area (Å²) < 4.78 is 5.62. The lowest BCUT2D eigenvalue weighted by Gasteiger charge is -2.36. The number of hydrogen-bond acceptors (Lipinski definition) is 4. The second-order valence-electron chi connectivity index (χ2n) is 3.43. The monoisotopic (exact) mass is 237 g/mol. The van der Waals surface area contributed by atoms with Gasteiger partial charge in [0.25, 0.3) is 0 Å². The third-order valence-electron chi connectivity index (χ3n) is 2.50. The summed E-state index contributed by atoms with van der Waals surface area (Å²) in [5.41, 5.74) is -0.435. The molecule has 1 fully saturated rings. The van der Waals surface area contributed by atoms with E-state index in [1.165, 1.54) is 0 Å². The molecule has 6 heteroatoms. The molecule has 0 spiro atoms. The molecule has 0 amide bonds. The summed E-state index contributed by atoms with van der Waals surface area (Å²) in [6.07, 6.45) is 3.27. The van der Waals surface area contributed by atoms with Gasteiger partial charge in [-0.1, -0.05) is 11.6 Å². The number of alkyl halides is 1. The minimum absolute atomic E-state index is 0.0104. The standard InChI is InChI=1S/C8H13Cl2N3O/c1-12-7(9)11-8(10)13(12)6-4-2-3-5-14-6/h6,8H,2-5H2,1H3. The molecule has 80 valence electrons. The van der Waals surface area contributed by atoms with E-state index < -0.39 is 5.62 Å². The molecule has 0 N–H and O–H groups in total. The number of aliphatic imine (C=N–C) groups is 1. The van der Waals surface area contributed by atoms with E-state index in [0.29, 0.717) is 5.29 Å². The average molecular weight is 238 g/mol. The van der Waals surface area contributed by atoms with Crippen LogP contribution in [0.3, 0.4) is 0 Å². The first-order chi connectivity index (χ1) is 6.70. The Kier molecular flexibility index (Phi) is 3.17. The van der Waals surface area contributed by atoms with Crippen molar-refractivity contribution in [3.63, 3.8) is 0 Å². The van der Waals surface area contributed by atoms with Gasteiger partial charge < -0.3 is 4.74 Å². The van der Waals surface area contributed by atoms with Crippen LogP contribution in [0.2, 0.25) is 0 Å². The minimum Gasteiger partial charge on any atom is -0.361 e. The zero-order valence-corrected chi connectivity index (χ0v) is 9.50. The molecular weight excluding hydrogens is 225 g/mol. The zero-order valence-electron chi connectivity index (χ0n) is 7.99. The Morgan fingerprint density at radius 2 is 2.29 bits per heavy atom. The summed E-state index contributed by atoms with van der Waals surface area (Å²) in [5, 5.41) is 4.03. The number of hydrazine groups is 1. The van der Waals surface area contributed by atoms with Crippen molar-refractivity contribution in [2.75, 3.05) is 13.7 Å². The van der Waals surface area contributed by atoms with Gasteiger partial charge in [0.15, 0.2) is 5.62 Å². The minimum atomic E-state index is -0.435. The van der Waals surface area contributed by atoms with E-state index in [-0.39, 0.29) is 6.23 Å². The molecule has 14 heavy (non-hydrogen) atoms. The molecule has 0 aromatic rings. The first-order valence-corrected chi connectivity index (χ1v) is 5.52. The van der Waals surface area contributed by atoms with Crippen LogP contribution < -0.4 is 0 Å². The molecule has 2 unspecified atom stereocenters. The van der Waals surface area contributed by atoms with Crippen LogP contribution in [0.4, 0.5) is 0 Å². The lowest BCUT2D eigenvalue weighted by molar-refractivity contribution is -0.145. The number of hydrogen-bond donors (Lipinski definition) is 0. The molecule has 0 radical (unpaired) electrons. The normalized spacial score (nSPS) is 34.8. The van der Waals surface area contributed by atoms with Gasteiger partial charge in [-0.3, -0.25) is 5.01 Å². The van der Waals surface area contributed by atoms with E-state index in [1.54, 1.807) is 5.01 Å². The second kappa shape index (κ2) is 4.23. The van der Waals surface area contributed by atoms with Crippen molar-refractivity contribution in [1.82, 2.24) is 10.0 Å². The lowest BCUT2D eigenvalue weighted by Crippen LogP contribution is -2.49. The largest absolute Gasteiger partial charge is 0.361 e. The van der Waals surface area contributed by atoms with E-state index in [9.17, 15) is 0 Å². The SMILES string of the molecule is CN1C(Cl)=NC(Cl)N1C1CCCCO1. The molecule has 0 bridgehead atoms. The Morgan fingerprint density at radius 3 is 2.79 bits per heavy atom. The molecule has 0 aliphatic carbocycles. The Bertz CT molecular complexity index is 243. The van der Waals surface area contributed by atoms with Crippen molar-refractivity contribution in [2.45, 2.75) is 31.1 Å². The second-order valence-corrected chi connectivity index (χ2v) is 4.16. The highest BCUT2D eigenvalue weighted by Gasteiger charge is 2.36. The molecule has 1 saturated heterocycles. The summed E-state index contributed by atoms with van der Waals surface area (Å²) >= 11 is 11.9. The van der Waals surface area contributed by atoms with Crippen molar-refractivity contribution in [1.29, 1.82) is 0 Å². The van der Waals surface area contributed by atoms with E-state index in [0.717, 1.165) is 25.9 Å². The first-order valence-electron chi connectivity index (χ1n) is 4.71. The van der Waals surface area contributed by atoms with Crippen molar-refractivity contribution >= 4 is 28.5 Å². The Hall–Kier alpha value is -0.0300. The highest BCUT2D eigenvalue weighted by atomic mass is 35.5. The maximum absolute atomic E-state index is 6.03. The van der Waals surface area contributed by atoms with Gasteiger partial charge in [-0.05, 0) is 30.9 Å². The van der Waals surface area contributed by atoms with Crippen LogP contribution in [-0.4, -0.2) is 40.8 Å². The van der Waals surface area contributed by atoms with Gasteiger partial charge in [0.2, 0.25) is 5.29 Å². The zero-order chi connectivity index (χ0) is 10.1. The molecule has 2 atom stereocenters. The molecular formula is C8H13Cl2N3O. The van der Waals surface area contributed by atoms with Crippen LogP contribution >= 0.6 is 23.2 Å². The van der Waals surface area contributed by atoms with E-state index in [4.69, 9.17) is 27.9 Å². The maximum Gasteiger partial charge on any atom is 0.211 e. The highest BCUT2D eigenvalue weighted by molar-refractivity contribution is 6.64. The van der Waals surface area contributed by atoms with E-state index in [1.807, 2.05) is 12.1 Å². The number of halogens is 2. The Balaban J connectivity index is 2.03. The molecule has 2 rings (SSSR count). The molecule has 2 aliphatic rings. The Morgan fingerprint density at radius 1 is 1.50 bits per heavy atom. The lowest BCUT2D eigenvalue weighted by atomic mass is 10.2. The topological polar surface area (TPSA) is 28.1 Å². The quantitative estimate of drug-likeness (QED) is 0.515. The molecule has 0 aromatic heterocycles. The number of rotatable bonds is 1.